The van der Waals surface area contributed by atoms with Crippen molar-refractivity contribution in [3.8, 4) is 0 Å². The van der Waals surface area contributed by atoms with Crippen molar-refractivity contribution in [1.29, 1.82) is 0 Å². The molecule has 0 aliphatic heterocycles. The van der Waals surface area contributed by atoms with Crippen molar-refractivity contribution in [2.75, 3.05) is 6.61 Å². The van der Waals surface area contributed by atoms with Gasteiger partial charge in [0.25, 0.3) is 0 Å². The molecule has 78 valence electrons. The highest BCUT2D eigenvalue weighted by Gasteiger charge is 2.28. The monoisotopic (exact) mass is 222 g/mol. The van der Waals surface area contributed by atoms with Crippen LogP contribution in [0.3, 0.4) is 0 Å². The summed E-state index contributed by atoms with van der Waals surface area (Å²) in [6, 6.07) is 4.43. The summed E-state index contributed by atoms with van der Waals surface area (Å²) < 4.78 is 48.1. The van der Waals surface area contributed by atoms with Gasteiger partial charge in [-0.25, -0.2) is 17.2 Å². The summed E-state index contributed by atoms with van der Waals surface area (Å²) in [6.45, 7) is -1.18. The highest BCUT2D eigenvalue weighted by molar-refractivity contribution is 7.92. The molecule has 0 heterocycles. The minimum atomic E-state index is -4.41. The van der Waals surface area contributed by atoms with Crippen LogP contribution in [-0.4, -0.2) is 25.6 Å². The van der Waals surface area contributed by atoms with Gasteiger partial charge in [0.1, 0.15) is 10.7 Å². The van der Waals surface area contributed by atoms with Crippen molar-refractivity contribution in [2.45, 2.75) is 10.4 Å². The molecule has 0 saturated heterocycles. The van der Waals surface area contributed by atoms with Gasteiger partial charge in [-0.1, -0.05) is 12.1 Å². The summed E-state index contributed by atoms with van der Waals surface area (Å²) in [5.74, 6) is -1.02. The molecule has 1 N–H and O–H groups in total. The molecular weight excluding hydrogens is 214 g/mol. The lowest BCUT2D eigenvalue weighted by Gasteiger charge is -2.07. The van der Waals surface area contributed by atoms with Crippen molar-refractivity contribution >= 4 is 9.84 Å². The third kappa shape index (κ3) is 1.91. The minimum absolute atomic E-state index is 0.735. The number of hydrogen-bond donors (Lipinski definition) is 1. The molecule has 14 heavy (non-hydrogen) atoms. The molecule has 1 rings (SSSR count). The van der Waals surface area contributed by atoms with Crippen molar-refractivity contribution in [3.63, 3.8) is 0 Å². The Labute approximate surface area is 79.9 Å². The molecule has 1 aromatic rings. The topological polar surface area (TPSA) is 54.4 Å². The predicted molar refractivity (Wildman–Crippen MR) is 45.6 cm³/mol. The Morgan fingerprint density at radius 2 is 1.93 bits per heavy atom. The molecule has 3 nitrogen and oxygen atoms in total. The summed E-state index contributed by atoms with van der Waals surface area (Å²) >= 11 is 0. The molecule has 0 amide bonds. The van der Waals surface area contributed by atoms with Crippen molar-refractivity contribution in [3.05, 3.63) is 30.1 Å². The van der Waals surface area contributed by atoms with E-state index >= 15 is 0 Å². The van der Waals surface area contributed by atoms with Crippen molar-refractivity contribution < 1.29 is 22.3 Å². The molecule has 0 radical (unpaired) electrons. The molecule has 1 aromatic carbocycles. The number of sulfone groups is 1. The first kappa shape index (κ1) is 11.1. The van der Waals surface area contributed by atoms with Crippen LogP contribution in [0.4, 0.5) is 8.78 Å². The van der Waals surface area contributed by atoms with Gasteiger partial charge in [-0.05, 0) is 12.1 Å². The van der Waals surface area contributed by atoms with Crippen LogP contribution < -0.4 is 0 Å². The van der Waals surface area contributed by atoms with E-state index in [1.165, 1.54) is 12.1 Å². The molecule has 1 unspecified atom stereocenters. The van der Waals surface area contributed by atoms with E-state index in [1.807, 2.05) is 0 Å². The first-order valence-corrected chi connectivity index (χ1v) is 5.28. The van der Waals surface area contributed by atoms with E-state index in [2.05, 4.69) is 0 Å². The second kappa shape index (κ2) is 4.02. The highest BCUT2D eigenvalue weighted by Crippen LogP contribution is 2.19. The maximum Gasteiger partial charge on any atom is 0.228 e. The second-order valence-corrected chi connectivity index (χ2v) is 4.61. The van der Waals surface area contributed by atoms with Crippen LogP contribution in [0.1, 0.15) is 0 Å². The number of rotatable bonds is 3. The zero-order valence-corrected chi connectivity index (χ0v) is 7.84. The third-order valence-electron chi connectivity index (χ3n) is 1.62. The van der Waals surface area contributed by atoms with Gasteiger partial charge in [0.05, 0.1) is 6.61 Å². The third-order valence-corrected chi connectivity index (χ3v) is 3.39. The summed E-state index contributed by atoms with van der Waals surface area (Å²) in [6.07, 6.45) is 0. The highest BCUT2D eigenvalue weighted by atomic mass is 32.2. The van der Waals surface area contributed by atoms with E-state index in [9.17, 15) is 17.2 Å². The van der Waals surface area contributed by atoms with E-state index in [0.29, 0.717) is 0 Å². The molecule has 0 saturated carbocycles. The standard InChI is InChI=1S/C8H8F2O3S/c9-6-3-1-2-4-7(6)14(12,13)8(10)5-11/h1-4,8,11H,5H2. The molecule has 0 aromatic heterocycles. The summed E-state index contributed by atoms with van der Waals surface area (Å²) in [4.78, 5) is -0.735. The maximum absolute atomic E-state index is 13.0. The number of halogens is 2. The van der Waals surface area contributed by atoms with Gasteiger partial charge in [-0.15, -0.1) is 0 Å². The largest absolute Gasteiger partial charge is 0.392 e. The lowest BCUT2D eigenvalue weighted by molar-refractivity contribution is 0.225. The van der Waals surface area contributed by atoms with Gasteiger partial charge in [0, 0.05) is 0 Å². The Morgan fingerprint density at radius 3 is 2.43 bits per heavy atom. The minimum Gasteiger partial charge on any atom is -0.392 e. The Kier molecular flexibility index (Phi) is 3.17. The van der Waals surface area contributed by atoms with Gasteiger partial charge < -0.3 is 5.11 Å². The average molecular weight is 222 g/mol. The first-order chi connectivity index (χ1) is 6.50. The van der Waals surface area contributed by atoms with Crippen molar-refractivity contribution in [1.82, 2.24) is 0 Å². The zero-order valence-electron chi connectivity index (χ0n) is 7.02. The van der Waals surface area contributed by atoms with E-state index in [4.69, 9.17) is 5.11 Å². The van der Waals surface area contributed by atoms with Crippen LogP contribution in [-0.2, 0) is 9.84 Å². The molecule has 6 heteroatoms. The smallest absolute Gasteiger partial charge is 0.228 e. The number of benzene rings is 1. The van der Waals surface area contributed by atoms with Gasteiger partial charge >= 0.3 is 0 Å². The van der Waals surface area contributed by atoms with Crippen LogP contribution in [0.5, 0.6) is 0 Å². The quantitative estimate of drug-likeness (QED) is 0.826. The fraction of sp³-hybridized carbons (Fsp3) is 0.250. The van der Waals surface area contributed by atoms with E-state index in [-0.39, 0.29) is 0 Å². The van der Waals surface area contributed by atoms with Gasteiger partial charge in [-0.2, -0.15) is 0 Å². The molecular formula is C8H8F2O3S. The predicted octanol–water partition coefficient (Wildman–Crippen LogP) is 0.887. The maximum atomic E-state index is 13.0. The van der Waals surface area contributed by atoms with Crippen LogP contribution in [0.2, 0.25) is 0 Å². The lowest BCUT2D eigenvalue weighted by Crippen LogP contribution is -2.21. The van der Waals surface area contributed by atoms with Crippen LogP contribution >= 0.6 is 0 Å². The molecule has 0 aliphatic carbocycles. The molecule has 0 bridgehead atoms. The average Bonchev–Trinajstić information content (AvgIpc) is 2.17. The fourth-order valence-corrected chi connectivity index (χ4v) is 1.99. The van der Waals surface area contributed by atoms with Crippen LogP contribution in [0.25, 0.3) is 0 Å². The molecule has 0 aliphatic rings. The number of alkyl halides is 1. The van der Waals surface area contributed by atoms with E-state index < -0.39 is 32.7 Å². The van der Waals surface area contributed by atoms with E-state index in [1.54, 1.807) is 0 Å². The first-order valence-electron chi connectivity index (χ1n) is 3.73. The summed E-state index contributed by atoms with van der Waals surface area (Å²) in [5.41, 5.74) is -2.49. The lowest BCUT2D eigenvalue weighted by atomic mass is 10.3. The SMILES string of the molecule is O=S(=O)(c1ccccc1F)C(F)CO. The van der Waals surface area contributed by atoms with Crippen LogP contribution in [0.15, 0.2) is 29.2 Å². The summed E-state index contributed by atoms with van der Waals surface area (Å²) in [5, 5.41) is 8.35. The normalized spacial score (nSPS) is 13.9. The number of hydrogen-bond acceptors (Lipinski definition) is 3. The molecule has 0 fully saturated rings. The molecule has 0 spiro atoms. The number of aliphatic hydroxyl groups is 1. The van der Waals surface area contributed by atoms with E-state index in [0.717, 1.165) is 12.1 Å². The Hall–Kier alpha value is -1.01. The summed E-state index contributed by atoms with van der Waals surface area (Å²) in [7, 11) is -4.41. The second-order valence-electron chi connectivity index (χ2n) is 2.57. The fourth-order valence-electron chi connectivity index (χ4n) is 0.911. The Morgan fingerprint density at radius 1 is 1.36 bits per heavy atom. The van der Waals surface area contributed by atoms with Gasteiger partial charge in [0.2, 0.25) is 15.3 Å². The Bertz CT molecular complexity index is 416. The zero-order chi connectivity index (χ0) is 10.8. The van der Waals surface area contributed by atoms with Gasteiger partial charge in [0.15, 0.2) is 0 Å². The van der Waals surface area contributed by atoms with Crippen molar-refractivity contribution in [2.24, 2.45) is 0 Å². The molecule has 1 atom stereocenters. The Balaban J connectivity index is 3.24. The van der Waals surface area contributed by atoms with Gasteiger partial charge in [-0.3, -0.25) is 0 Å². The van der Waals surface area contributed by atoms with Crippen LogP contribution in [0, 0.1) is 5.82 Å². The number of aliphatic hydroxyl groups excluding tert-OH is 1.